The van der Waals surface area contributed by atoms with Gasteiger partial charge in [-0.05, 0) is 30.7 Å². The number of hydrogen-bond acceptors (Lipinski definition) is 4. The zero-order valence-electron chi connectivity index (χ0n) is 10.1. The Hall–Kier alpha value is -2.32. The highest BCUT2D eigenvalue weighted by molar-refractivity contribution is 6.30. The maximum atomic E-state index is 11.6. The van der Waals surface area contributed by atoms with Gasteiger partial charge in [0.05, 0.1) is 6.61 Å². The molecule has 0 radical (unpaired) electrons. The average molecular weight is 279 g/mol. The molecule has 0 fully saturated rings. The summed E-state index contributed by atoms with van der Waals surface area (Å²) >= 11 is 5.79. The Labute approximate surface area is 115 Å². The van der Waals surface area contributed by atoms with Gasteiger partial charge in [-0.2, -0.15) is 5.26 Å². The van der Waals surface area contributed by atoms with E-state index < -0.39 is 12.0 Å². The summed E-state index contributed by atoms with van der Waals surface area (Å²) in [5.41, 5.74) is 0.373. The van der Waals surface area contributed by atoms with E-state index in [1.807, 2.05) is 5.32 Å². The molecule has 1 aromatic rings. The summed E-state index contributed by atoms with van der Waals surface area (Å²) in [4.78, 5) is 22.7. The van der Waals surface area contributed by atoms with Gasteiger partial charge in [-0.15, -0.1) is 0 Å². The van der Waals surface area contributed by atoms with Crippen LogP contribution < -0.4 is 5.32 Å². The van der Waals surface area contributed by atoms with E-state index in [2.05, 4.69) is 4.74 Å². The van der Waals surface area contributed by atoms with Crippen LogP contribution in [0.3, 0.4) is 0 Å². The van der Waals surface area contributed by atoms with Gasteiger partial charge < -0.3 is 4.74 Å². The van der Waals surface area contributed by atoms with Gasteiger partial charge in [0.15, 0.2) is 0 Å². The van der Waals surface area contributed by atoms with Crippen LogP contribution in [0.4, 0.5) is 4.79 Å². The van der Waals surface area contributed by atoms with E-state index >= 15 is 0 Å². The van der Waals surface area contributed by atoms with Crippen LogP contribution in [0, 0.1) is 11.3 Å². The number of carbonyl (C=O) groups is 2. The lowest BCUT2D eigenvalue weighted by Crippen LogP contribution is -2.31. The number of hydrogen-bond donors (Lipinski definition) is 1. The third kappa shape index (κ3) is 4.82. The number of halogens is 1. The van der Waals surface area contributed by atoms with Crippen molar-refractivity contribution in [2.45, 2.75) is 6.92 Å². The predicted octanol–water partition coefficient (Wildman–Crippen LogP) is 2.52. The summed E-state index contributed by atoms with van der Waals surface area (Å²) in [6, 6.07) is 8.35. The molecule has 1 rings (SSSR count). The van der Waals surface area contributed by atoms with E-state index in [1.54, 1.807) is 37.3 Å². The van der Waals surface area contributed by atoms with E-state index in [1.165, 1.54) is 6.08 Å². The van der Waals surface area contributed by atoms with Crippen LogP contribution in [0.25, 0.3) is 6.08 Å². The highest BCUT2D eigenvalue weighted by Crippen LogP contribution is 2.13. The van der Waals surface area contributed by atoms with Crippen molar-refractivity contribution >= 4 is 29.7 Å². The first-order valence-corrected chi connectivity index (χ1v) is 5.80. The molecule has 0 bridgehead atoms. The topological polar surface area (TPSA) is 79.2 Å². The summed E-state index contributed by atoms with van der Waals surface area (Å²) in [6.07, 6.45) is 0.445. The minimum Gasteiger partial charge on any atom is -0.450 e. The van der Waals surface area contributed by atoms with Crippen molar-refractivity contribution in [2.75, 3.05) is 6.61 Å². The molecular formula is C13H11ClN2O3. The Morgan fingerprint density at radius 1 is 1.53 bits per heavy atom. The van der Waals surface area contributed by atoms with Crippen LogP contribution in [0.2, 0.25) is 5.02 Å². The summed E-state index contributed by atoms with van der Waals surface area (Å²) in [5, 5.41) is 11.3. The Bertz CT molecular complexity index is 561. The standard InChI is InChI=1S/C13H11ClN2O3/c1-2-19-13(18)16-12(17)10(8-15)6-9-4-3-5-11(14)7-9/h3-7H,2H2,1H3,(H,16,17,18)/b10-6-. The van der Waals surface area contributed by atoms with Crippen LogP contribution in [0.5, 0.6) is 0 Å². The minimum absolute atomic E-state index is 0.138. The Morgan fingerprint density at radius 3 is 2.84 bits per heavy atom. The minimum atomic E-state index is -0.889. The third-order valence-electron chi connectivity index (χ3n) is 2.02. The molecule has 0 aliphatic rings. The Kier molecular flexibility index (Phi) is 5.58. The molecule has 0 heterocycles. The summed E-state index contributed by atoms with van der Waals surface area (Å²) in [6.45, 7) is 1.75. The maximum absolute atomic E-state index is 11.6. The van der Waals surface area contributed by atoms with Gasteiger partial charge >= 0.3 is 6.09 Å². The Morgan fingerprint density at radius 2 is 2.26 bits per heavy atom. The SMILES string of the molecule is CCOC(=O)NC(=O)/C(C#N)=C\c1cccc(Cl)c1. The van der Waals surface area contributed by atoms with Gasteiger partial charge in [-0.25, -0.2) is 4.79 Å². The first kappa shape index (κ1) is 14.7. The second-order valence-electron chi connectivity index (χ2n) is 3.40. The smallest absolute Gasteiger partial charge is 0.414 e. The molecule has 0 saturated heterocycles. The molecule has 5 nitrogen and oxygen atoms in total. The summed E-state index contributed by atoms with van der Waals surface area (Å²) < 4.78 is 4.55. The van der Waals surface area contributed by atoms with Gasteiger partial charge in [0.25, 0.3) is 5.91 Å². The molecule has 1 N–H and O–H groups in total. The molecule has 0 spiro atoms. The lowest BCUT2D eigenvalue weighted by molar-refractivity contribution is -0.116. The van der Waals surface area contributed by atoms with Gasteiger partial charge in [0, 0.05) is 5.02 Å². The zero-order valence-corrected chi connectivity index (χ0v) is 10.9. The number of nitrogens with one attached hydrogen (secondary N) is 1. The number of alkyl carbamates (subject to hydrolysis) is 1. The Balaban J connectivity index is 2.86. The number of rotatable bonds is 3. The van der Waals surface area contributed by atoms with Crippen molar-refractivity contribution in [3.8, 4) is 6.07 Å². The number of benzene rings is 1. The van der Waals surface area contributed by atoms with Crippen LogP contribution in [0.15, 0.2) is 29.8 Å². The second kappa shape index (κ2) is 7.19. The monoisotopic (exact) mass is 278 g/mol. The van der Waals surface area contributed by atoms with Crippen molar-refractivity contribution in [1.29, 1.82) is 5.26 Å². The number of amides is 2. The van der Waals surface area contributed by atoms with Crippen molar-refractivity contribution in [3.63, 3.8) is 0 Å². The zero-order chi connectivity index (χ0) is 14.3. The molecule has 0 saturated carbocycles. The van der Waals surface area contributed by atoms with E-state index in [9.17, 15) is 9.59 Å². The fourth-order valence-electron chi connectivity index (χ4n) is 1.24. The molecular weight excluding hydrogens is 268 g/mol. The molecule has 19 heavy (non-hydrogen) atoms. The lowest BCUT2D eigenvalue weighted by Gasteiger charge is -2.03. The van der Waals surface area contributed by atoms with Crippen molar-refractivity contribution in [1.82, 2.24) is 5.32 Å². The molecule has 0 atom stereocenters. The maximum Gasteiger partial charge on any atom is 0.414 e. The molecule has 0 aromatic heterocycles. The van der Waals surface area contributed by atoms with Gasteiger partial charge in [0.2, 0.25) is 0 Å². The third-order valence-corrected chi connectivity index (χ3v) is 2.25. The highest BCUT2D eigenvalue weighted by atomic mass is 35.5. The highest BCUT2D eigenvalue weighted by Gasteiger charge is 2.13. The number of ether oxygens (including phenoxy) is 1. The molecule has 2 amide bonds. The molecule has 0 unspecified atom stereocenters. The summed E-state index contributed by atoms with van der Waals surface area (Å²) in [5.74, 6) is -0.819. The van der Waals surface area contributed by atoms with Crippen molar-refractivity contribution in [3.05, 3.63) is 40.4 Å². The largest absolute Gasteiger partial charge is 0.450 e. The lowest BCUT2D eigenvalue weighted by atomic mass is 10.1. The second-order valence-corrected chi connectivity index (χ2v) is 3.84. The van der Waals surface area contributed by atoms with Gasteiger partial charge in [0.1, 0.15) is 11.6 Å². The summed E-state index contributed by atoms with van der Waals surface area (Å²) in [7, 11) is 0. The number of imide groups is 1. The van der Waals surface area contributed by atoms with Crippen LogP contribution in [-0.2, 0) is 9.53 Å². The molecule has 1 aromatic carbocycles. The molecule has 6 heteroatoms. The molecule has 0 aliphatic heterocycles. The fraction of sp³-hybridized carbons (Fsp3) is 0.154. The first-order chi connectivity index (χ1) is 9.06. The van der Waals surface area contributed by atoms with Gasteiger partial charge in [-0.3, -0.25) is 10.1 Å². The van der Waals surface area contributed by atoms with Crippen LogP contribution in [-0.4, -0.2) is 18.6 Å². The van der Waals surface area contributed by atoms with Crippen molar-refractivity contribution < 1.29 is 14.3 Å². The first-order valence-electron chi connectivity index (χ1n) is 5.42. The van der Waals surface area contributed by atoms with Gasteiger partial charge in [-0.1, -0.05) is 23.7 Å². The molecule has 98 valence electrons. The average Bonchev–Trinajstić information content (AvgIpc) is 2.36. The number of nitrogens with zero attached hydrogens (tertiary/aromatic N) is 1. The normalized spacial score (nSPS) is 10.5. The van der Waals surface area contributed by atoms with Crippen molar-refractivity contribution in [2.24, 2.45) is 0 Å². The predicted molar refractivity (Wildman–Crippen MR) is 70.2 cm³/mol. The quantitative estimate of drug-likeness (QED) is 0.680. The van der Waals surface area contributed by atoms with E-state index in [4.69, 9.17) is 16.9 Å². The van der Waals surface area contributed by atoms with Crippen LogP contribution >= 0.6 is 11.6 Å². The van der Waals surface area contributed by atoms with E-state index in [0.29, 0.717) is 10.6 Å². The number of carbonyl (C=O) groups excluding carboxylic acids is 2. The number of nitriles is 1. The fourth-order valence-corrected chi connectivity index (χ4v) is 1.44. The van der Waals surface area contributed by atoms with Crippen LogP contribution in [0.1, 0.15) is 12.5 Å². The van der Waals surface area contributed by atoms with E-state index in [-0.39, 0.29) is 12.2 Å². The molecule has 0 aliphatic carbocycles. The van der Waals surface area contributed by atoms with E-state index in [0.717, 1.165) is 0 Å².